The smallest absolute Gasteiger partial charge is 0.302 e. The van der Waals surface area contributed by atoms with E-state index in [1.807, 2.05) is 0 Å². The molecule has 0 aromatic carbocycles. The van der Waals surface area contributed by atoms with E-state index in [1.165, 1.54) is 32.6 Å². The number of halogens is 3. The van der Waals surface area contributed by atoms with Crippen molar-refractivity contribution in [2.24, 2.45) is 0 Å². The van der Waals surface area contributed by atoms with E-state index in [-0.39, 0.29) is 5.97 Å². The molecule has 0 aliphatic rings. The van der Waals surface area contributed by atoms with Crippen LogP contribution >= 0.6 is 34.8 Å². The minimum atomic E-state index is -1.04. The Morgan fingerprint density at radius 2 is 1.59 bits per heavy atom. The van der Waals surface area contributed by atoms with Crippen LogP contribution in [0.2, 0.25) is 0 Å². The first-order valence-corrected chi connectivity index (χ1v) is 7.17. The molecular weight excluding hydrogens is 282 g/mol. The maximum Gasteiger partial charge on any atom is 0.302 e. The largest absolute Gasteiger partial charge is 0.466 e. The molecule has 0 N–H and O–H groups in total. The summed E-state index contributed by atoms with van der Waals surface area (Å²) in [5.74, 6) is -0.211. The van der Waals surface area contributed by atoms with Crippen molar-refractivity contribution in [3.8, 4) is 0 Å². The third kappa shape index (κ3) is 26.1. The molecule has 0 radical (unpaired) electrons. The number of alkyl halides is 3. The van der Waals surface area contributed by atoms with Gasteiger partial charge in [0.25, 0.3) is 0 Å². The standard InChI is InChI=1S/C8H15Cl3.C4H8O2/c1-2-3-4-5-6-7-8(9,10)11;1-3-6-4(2)5/h2-7H2,1H3;3H2,1-2H3. The van der Waals surface area contributed by atoms with Gasteiger partial charge in [-0.25, -0.2) is 0 Å². The van der Waals surface area contributed by atoms with Crippen LogP contribution in [0, 0.1) is 0 Å². The number of hydrogen-bond acceptors (Lipinski definition) is 2. The van der Waals surface area contributed by atoms with Crippen molar-refractivity contribution in [3.05, 3.63) is 0 Å². The molecule has 0 aliphatic carbocycles. The SMILES string of the molecule is CCCCCCCC(Cl)(Cl)Cl.CCOC(C)=O. The van der Waals surface area contributed by atoms with Crippen LogP contribution in [0.5, 0.6) is 0 Å². The lowest BCUT2D eigenvalue weighted by Gasteiger charge is -2.09. The van der Waals surface area contributed by atoms with Crippen molar-refractivity contribution in [3.63, 3.8) is 0 Å². The zero-order chi connectivity index (χ0) is 13.7. The summed E-state index contributed by atoms with van der Waals surface area (Å²) in [5, 5.41) is 0. The molecule has 5 heteroatoms. The zero-order valence-corrected chi connectivity index (χ0v) is 13.2. The van der Waals surface area contributed by atoms with E-state index < -0.39 is 3.79 Å². The van der Waals surface area contributed by atoms with E-state index in [2.05, 4.69) is 11.7 Å². The Morgan fingerprint density at radius 3 is 1.88 bits per heavy atom. The van der Waals surface area contributed by atoms with Gasteiger partial charge in [0.1, 0.15) is 0 Å². The fourth-order valence-electron chi connectivity index (χ4n) is 1.13. The van der Waals surface area contributed by atoms with Crippen LogP contribution in [0.4, 0.5) is 0 Å². The lowest BCUT2D eigenvalue weighted by molar-refractivity contribution is -0.140. The van der Waals surface area contributed by atoms with Crippen LogP contribution in [-0.2, 0) is 9.53 Å². The van der Waals surface area contributed by atoms with Crippen LogP contribution in [-0.4, -0.2) is 16.4 Å². The normalized spacial score (nSPS) is 10.5. The second-order valence-corrected chi connectivity index (χ2v) is 6.22. The molecule has 0 unspecified atom stereocenters. The predicted octanol–water partition coefficient (Wildman–Crippen LogP) is 5.29. The highest BCUT2D eigenvalue weighted by Crippen LogP contribution is 2.32. The minimum absolute atomic E-state index is 0.211. The number of carbonyl (C=O) groups is 1. The highest BCUT2D eigenvalue weighted by Gasteiger charge is 2.17. The predicted molar refractivity (Wildman–Crippen MR) is 76.0 cm³/mol. The fraction of sp³-hybridized carbons (Fsp3) is 0.917. The number of ether oxygens (including phenoxy) is 1. The summed E-state index contributed by atoms with van der Waals surface area (Å²) in [6.45, 7) is 5.84. The summed E-state index contributed by atoms with van der Waals surface area (Å²) in [7, 11) is 0. The fourth-order valence-corrected chi connectivity index (χ4v) is 1.53. The average molecular weight is 306 g/mol. The Hall–Kier alpha value is 0.340. The molecule has 0 spiro atoms. The Bertz CT molecular complexity index is 179. The maximum atomic E-state index is 9.82. The molecular formula is C12H23Cl3O2. The van der Waals surface area contributed by atoms with Gasteiger partial charge >= 0.3 is 5.97 Å². The molecule has 0 bridgehead atoms. The summed E-state index contributed by atoms with van der Waals surface area (Å²) in [4.78, 5) is 9.82. The molecule has 2 nitrogen and oxygen atoms in total. The average Bonchev–Trinajstić information content (AvgIpc) is 2.16. The molecule has 17 heavy (non-hydrogen) atoms. The van der Waals surface area contributed by atoms with Crippen LogP contribution in [0.15, 0.2) is 0 Å². The zero-order valence-electron chi connectivity index (χ0n) is 10.9. The molecule has 0 rings (SSSR count). The molecule has 0 heterocycles. The van der Waals surface area contributed by atoms with E-state index in [4.69, 9.17) is 34.8 Å². The van der Waals surface area contributed by atoms with Gasteiger partial charge in [0.15, 0.2) is 3.79 Å². The van der Waals surface area contributed by atoms with Crippen LogP contribution in [0.1, 0.15) is 59.3 Å². The van der Waals surface area contributed by atoms with E-state index in [0.717, 1.165) is 6.42 Å². The first-order valence-electron chi connectivity index (χ1n) is 6.03. The maximum absolute atomic E-state index is 9.82. The highest BCUT2D eigenvalue weighted by molar-refractivity contribution is 6.67. The monoisotopic (exact) mass is 304 g/mol. The number of unbranched alkanes of at least 4 members (excludes halogenated alkanes) is 4. The van der Waals surface area contributed by atoms with Gasteiger partial charge in [-0.15, -0.1) is 0 Å². The quantitative estimate of drug-likeness (QED) is 0.379. The first kappa shape index (κ1) is 19.7. The second kappa shape index (κ2) is 12.8. The van der Waals surface area contributed by atoms with Crippen molar-refractivity contribution < 1.29 is 9.53 Å². The van der Waals surface area contributed by atoms with E-state index in [1.54, 1.807) is 6.92 Å². The number of hydrogen-bond donors (Lipinski definition) is 0. The van der Waals surface area contributed by atoms with Crippen molar-refractivity contribution in [1.82, 2.24) is 0 Å². The molecule has 0 saturated heterocycles. The lowest BCUT2D eigenvalue weighted by atomic mass is 10.1. The highest BCUT2D eigenvalue weighted by atomic mass is 35.6. The van der Waals surface area contributed by atoms with Crippen LogP contribution in [0.25, 0.3) is 0 Å². The number of esters is 1. The minimum Gasteiger partial charge on any atom is -0.466 e. The van der Waals surface area contributed by atoms with Crippen molar-refractivity contribution >= 4 is 40.8 Å². The van der Waals surface area contributed by atoms with Gasteiger partial charge in [0.05, 0.1) is 6.61 Å². The van der Waals surface area contributed by atoms with E-state index in [9.17, 15) is 4.79 Å². The number of carbonyl (C=O) groups excluding carboxylic acids is 1. The van der Waals surface area contributed by atoms with Gasteiger partial charge in [-0.1, -0.05) is 67.4 Å². The molecule has 0 aliphatic heterocycles. The summed E-state index contributed by atoms with van der Waals surface area (Å²) in [5.41, 5.74) is 0. The molecule has 104 valence electrons. The Kier molecular flexibility index (Phi) is 14.8. The summed E-state index contributed by atoms with van der Waals surface area (Å²) in [6.07, 6.45) is 6.70. The Morgan fingerprint density at radius 1 is 1.06 bits per heavy atom. The van der Waals surface area contributed by atoms with E-state index >= 15 is 0 Å². The van der Waals surface area contributed by atoms with Crippen molar-refractivity contribution in [2.45, 2.75) is 63.1 Å². The van der Waals surface area contributed by atoms with Crippen molar-refractivity contribution in [2.75, 3.05) is 6.61 Å². The van der Waals surface area contributed by atoms with Crippen LogP contribution < -0.4 is 0 Å². The molecule has 0 saturated carbocycles. The third-order valence-electron chi connectivity index (χ3n) is 1.91. The van der Waals surface area contributed by atoms with Crippen molar-refractivity contribution in [1.29, 1.82) is 0 Å². The molecule has 0 atom stereocenters. The molecule has 0 fully saturated rings. The summed E-state index contributed by atoms with van der Waals surface area (Å²) >= 11 is 16.7. The van der Waals surface area contributed by atoms with Gasteiger partial charge in [-0.2, -0.15) is 0 Å². The van der Waals surface area contributed by atoms with Crippen LogP contribution in [0.3, 0.4) is 0 Å². The van der Waals surface area contributed by atoms with Gasteiger partial charge in [-0.3, -0.25) is 4.79 Å². The topological polar surface area (TPSA) is 26.3 Å². The van der Waals surface area contributed by atoms with Gasteiger partial charge in [0, 0.05) is 6.92 Å². The van der Waals surface area contributed by atoms with Gasteiger partial charge < -0.3 is 4.74 Å². The summed E-state index contributed by atoms with van der Waals surface area (Å²) < 4.78 is 3.37. The van der Waals surface area contributed by atoms with Gasteiger partial charge in [0.2, 0.25) is 0 Å². The molecule has 0 aromatic heterocycles. The molecule has 0 amide bonds. The second-order valence-electron chi connectivity index (χ2n) is 3.70. The lowest BCUT2D eigenvalue weighted by Crippen LogP contribution is -2.00. The summed E-state index contributed by atoms with van der Waals surface area (Å²) in [6, 6.07) is 0. The first-order chi connectivity index (χ1) is 7.83. The third-order valence-corrected chi connectivity index (χ3v) is 2.48. The number of rotatable bonds is 6. The van der Waals surface area contributed by atoms with Gasteiger partial charge in [-0.05, 0) is 19.8 Å². The Labute approximate surface area is 120 Å². The molecule has 0 aromatic rings. The van der Waals surface area contributed by atoms with E-state index in [0.29, 0.717) is 13.0 Å². The Balaban J connectivity index is 0.